The second-order valence-electron chi connectivity index (χ2n) is 6.47. The number of nitrogens with zero attached hydrogens (tertiary/aromatic N) is 4. The Hall–Kier alpha value is -2.92. The van der Waals surface area contributed by atoms with Crippen LogP contribution in [0.2, 0.25) is 5.15 Å². The van der Waals surface area contributed by atoms with Crippen LogP contribution in [0, 0.1) is 6.92 Å². The van der Waals surface area contributed by atoms with E-state index in [9.17, 15) is 22.8 Å². The number of anilines is 2. The maximum Gasteiger partial charge on any atom is 0.416 e. The van der Waals surface area contributed by atoms with Crippen molar-refractivity contribution >= 4 is 45.6 Å². The summed E-state index contributed by atoms with van der Waals surface area (Å²) in [5.74, 6) is -1.21. The van der Waals surface area contributed by atoms with Gasteiger partial charge in [-0.1, -0.05) is 17.7 Å². The number of carbonyl (C=O) groups is 2. The van der Waals surface area contributed by atoms with Gasteiger partial charge in [0.15, 0.2) is 5.13 Å². The zero-order valence-electron chi connectivity index (χ0n) is 16.5. The first kappa shape index (κ1) is 22.8. The summed E-state index contributed by atoms with van der Waals surface area (Å²) in [7, 11) is 1.59. The van der Waals surface area contributed by atoms with Crippen molar-refractivity contribution in [1.29, 1.82) is 0 Å². The van der Waals surface area contributed by atoms with E-state index in [-0.39, 0.29) is 28.1 Å². The first-order chi connectivity index (χ1) is 14.5. The van der Waals surface area contributed by atoms with E-state index in [1.54, 1.807) is 19.4 Å². The number of amides is 1. The molecule has 0 N–H and O–H groups in total. The van der Waals surface area contributed by atoms with E-state index in [4.69, 9.17) is 16.3 Å². The molecule has 12 heteroatoms. The van der Waals surface area contributed by atoms with E-state index < -0.39 is 23.6 Å². The number of thiazole rings is 1. The number of alkyl halides is 3. The number of halogens is 4. The van der Waals surface area contributed by atoms with Crippen LogP contribution in [0.25, 0.3) is 0 Å². The van der Waals surface area contributed by atoms with Gasteiger partial charge in [0.2, 0.25) is 5.91 Å². The zero-order valence-corrected chi connectivity index (χ0v) is 18.1. The van der Waals surface area contributed by atoms with Gasteiger partial charge in [-0.2, -0.15) is 18.3 Å². The van der Waals surface area contributed by atoms with E-state index in [0.717, 1.165) is 28.4 Å². The Morgan fingerprint density at radius 3 is 2.61 bits per heavy atom. The van der Waals surface area contributed by atoms with Crippen LogP contribution < -0.4 is 4.90 Å². The SMILES string of the molecule is CC(=O)N(c1cccc(C(F)(F)F)c1)c1nc(COC(=O)c2c(C)nn(C)c2Cl)cs1. The Labute approximate surface area is 184 Å². The van der Waals surface area contributed by atoms with E-state index in [2.05, 4.69) is 10.1 Å². The van der Waals surface area contributed by atoms with Crippen molar-refractivity contribution in [2.75, 3.05) is 4.90 Å². The lowest BCUT2D eigenvalue weighted by Gasteiger charge is -2.19. The number of hydrogen-bond donors (Lipinski definition) is 0. The highest BCUT2D eigenvalue weighted by Crippen LogP contribution is 2.35. The number of rotatable bonds is 5. The normalized spacial score (nSPS) is 11.5. The van der Waals surface area contributed by atoms with Gasteiger partial charge >= 0.3 is 12.1 Å². The Balaban J connectivity index is 1.79. The largest absolute Gasteiger partial charge is 0.455 e. The molecule has 0 aliphatic heterocycles. The van der Waals surface area contributed by atoms with Crippen molar-refractivity contribution in [1.82, 2.24) is 14.8 Å². The Morgan fingerprint density at radius 1 is 1.32 bits per heavy atom. The van der Waals surface area contributed by atoms with Crippen LogP contribution in [0.15, 0.2) is 29.6 Å². The maximum absolute atomic E-state index is 13.0. The van der Waals surface area contributed by atoms with Crippen LogP contribution in [0.4, 0.5) is 24.0 Å². The molecule has 0 saturated carbocycles. The third-order valence-electron chi connectivity index (χ3n) is 4.18. The number of ether oxygens (including phenoxy) is 1. The Bertz CT molecular complexity index is 1140. The van der Waals surface area contributed by atoms with Crippen LogP contribution in [0.3, 0.4) is 0 Å². The molecule has 164 valence electrons. The minimum Gasteiger partial charge on any atom is -0.455 e. The Kier molecular flexibility index (Phi) is 6.37. The zero-order chi connectivity index (χ0) is 22.9. The van der Waals surface area contributed by atoms with Gasteiger partial charge in [-0.25, -0.2) is 9.78 Å². The lowest BCUT2D eigenvalue weighted by atomic mass is 10.2. The molecule has 0 atom stereocenters. The topological polar surface area (TPSA) is 77.3 Å². The van der Waals surface area contributed by atoms with Crippen LogP contribution in [-0.2, 0) is 29.4 Å². The average Bonchev–Trinajstić information content (AvgIpc) is 3.23. The number of aryl methyl sites for hydroxylation is 2. The van der Waals surface area contributed by atoms with Crippen molar-refractivity contribution in [3.05, 3.63) is 57.3 Å². The van der Waals surface area contributed by atoms with Crippen molar-refractivity contribution in [2.45, 2.75) is 26.6 Å². The van der Waals surface area contributed by atoms with Gasteiger partial charge in [-0.3, -0.25) is 14.4 Å². The van der Waals surface area contributed by atoms with Gasteiger partial charge in [-0.15, -0.1) is 11.3 Å². The summed E-state index contributed by atoms with van der Waals surface area (Å²) in [6.45, 7) is 2.62. The number of hydrogen-bond acceptors (Lipinski definition) is 6. The fraction of sp³-hybridized carbons (Fsp3) is 0.263. The van der Waals surface area contributed by atoms with Crippen molar-refractivity contribution in [3.8, 4) is 0 Å². The molecule has 3 rings (SSSR count). The van der Waals surface area contributed by atoms with E-state index in [1.165, 1.54) is 23.7 Å². The molecule has 0 unspecified atom stereocenters. The molecule has 0 fully saturated rings. The molecular formula is C19H16ClF3N4O3S. The van der Waals surface area contributed by atoms with Crippen LogP contribution >= 0.6 is 22.9 Å². The molecule has 31 heavy (non-hydrogen) atoms. The molecule has 1 aromatic carbocycles. The quantitative estimate of drug-likeness (QED) is 0.494. The standard InChI is InChI=1S/C19H16ClF3N4O3S/c1-10-15(16(20)26(3)25-10)17(29)30-8-13-9-31-18(24-13)27(11(2)28)14-6-4-5-12(7-14)19(21,22)23/h4-7,9H,8H2,1-3H3. The molecular weight excluding hydrogens is 457 g/mol. The molecule has 0 spiro atoms. The highest BCUT2D eigenvalue weighted by atomic mass is 35.5. The molecule has 0 aliphatic rings. The van der Waals surface area contributed by atoms with Gasteiger partial charge < -0.3 is 4.74 Å². The molecule has 2 heterocycles. The van der Waals surface area contributed by atoms with Crippen molar-refractivity contribution in [3.63, 3.8) is 0 Å². The molecule has 0 bridgehead atoms. The molecule has 7 nitrogen and oxygen atoms in total. The average molecular weight is 473 g/mol. The second kappa shape index (κ2) is 8.67. The predicted octanol–water partition coefficient (Wildman–Crippen LogP) is 4.90. The lowest BCUT2D eigenvalue weighted by molar-refractivity contribution is -0.137. The smallest absolute Gasteiger partial charge is 0.416 e. The molecule has 0 aliphatic carbocycles. The van der Waals surface area contributed by atoms with Gasteiger partial charge in [0.05, 0.1) is 22.6 Å². The predicted molar refractivity (Wildman–Crippen MR) is 108 cm³/mol. The highest BCUT2D eigenvalue weighted by molar-refractivity contribution is 7.14. The van der Waals surface area contributed by atoms with E-state index in [0.29, 0.717) is 11.4 Å². The number of esters is 1. The first-order valence-electron chi connectivity index (χ1n) is 8.77. The second-order valence-corrected chi connectivity index (χ2v) is 7.67. The molecule has 0 saturated heterocycles. The van der Waals surface area contributed by atoms with E-state index >= 15 is 0 Å². The first-order valence-corrected chi connectivity index (χ1v) is 10.0. The fourth-order valence-electron chi connectivity index (χ4n) is 2.79. The highest BCUT2D eigenvalue weighted by Gasteiger charge is 2.31. The summed E-state index contributed by atoms with van der Waals surface area (Å²) < 4.78 is 45.7. The third kappa shape index (κ3) is 4.88. The summed E-state index contributed by atoms with van der Waals surface area (Å²) in [4.78, 5) is 29.8. The molecule has 0 radical (unpaired) electrons. The Morgan fingerprint density at radius 2 is 2.03 bits per heavy atom. The van der Waals surface area contributed by atoms with Crippen LogP contribution in [0.5, 0.6) is 0 Å². The molecule has 1 amide bonds. The van der Waals surface area contributed by atoms with Crippen LogP contribution in [-0.4, -0.2) is 26.6 Å². The number of aromatic nitrogens is 3. The van der Waals surface area contributed by atoms with Crippen molar-refractivity contribution < 1.29 is 27.5 Å². The number of carbonyl (C=O) groups excluding carboxylic acids is 2. The van der Waals surface area contributed by atoms with Crippen molar-refractivity contribution in [2.24, 2.45) is 7.05 Å². The summed E-state index contributed by atoms with van der Waals surface area (Å²) in [6.07, 6.45) is -4.55. The molecule has 3 aromatic rings. The van der Waals surface area contributed by atoms with Gasteiger partial charge in [0.25, 0.3) is 0 Å². The minimum atomic E-state index is -4.55. The fourth-order valence-corrected chi connectivity index (χ4v) is 3.91. The monoisotopic (exact) mass is 472 g/mol. The summed E-state index contributed by atoms with van der Waals surface area (Å²) in [5, 5.41) is 5.86. The summed E-state index contributed by atoms with van der Waals surface area (Å²) >= 11 is 7.08. The minimum absolute atomic E-state index is 0.0259. The van der Waals surface area contributed by atoms with Gasteiger partial charge in [-0.05, 0) is 25.1 Å². The summed E-state index contributed by atoms with van der Waals surface area (Å²) in [5.41, 5.74) is 0.00521. The lowest BCUT2D eigenvalue weighted by Crippen LogP contribution is -2.23. The van der Waals surface area contributed by atoms with E-state index in [1.807, 2.05) is 0 Å². The van der Waals surface area contributed by atoms with Gasteiger partial charge in [0.1, 0.15) is 17.3 Å². The van der Waals surface area contributed by atoms with Gasteiger partial charge in [0, 0.05) is 19.4 Å². The van der Waals surface area contributed by atoms with Crippen LogP contribution in [0.1, 0.15) is 34.2 Å². The summed E-state index contributed by atoms with van der Waals surface area (Å²) in [6, 6.07) is 4.38. The third-order valence-corrected chi connectivity index (χ3v) is 5.49. The molecule has 2 aromatic heterocycles. The maximum atomic E-state index is 13.0. The number of benzene rings is 1.